The van der Waals surface area contributed by atoms with Crippen molar-refractivity contribution < 1.29 is 4.74 Å². The zero-order valence-corrected chi connectivity index (χ0v) is 13.4. The Morgan fingerprint density at radius 3 is 2.61 bits per heavy atom. The molecule has 0 amide bonds. The summed E-state index contributed by atoms with van der Waals surface area (Å²) in [7, 11) is 0. The van der Waals surface area contributed by atoms with E-state index in [0.29, 0.717) is 5.41 Å². The fraction of sp³-hybridized carbons (Fsp3) is 0.600. The fourth-order valence-corrected chi connectivity index (χ4v) is 1.96. The van der Waals surface area contributed by atoms with Crippen LogP contribution < -0.4 is 10.1 Å². The first-order valence-corrected chi connectivity index (χ1v) is 7.33. The molecule has 0 aliphatic carbocycles. The van der Waals surface area contributed by atoms with Gasteiger partial charge in [0.25, 0.3) is 0 Å². The van der Waals surface area contributed by atoms with Gasteiger partial charge in [-0.15, -0.1) is 0 Å². The van der Waals surface area contributed by atoms with Gasteiger partial charge in [-0.05, 0) is 36.6 Å². The Morgan fingerprint density at radius 1 is 1.28 bits per heavy atom. The van der Waals surface area contributed by atoms with Crippen LogP contribution >= 0.6 is 15.9 Å². The summed E-state index contributed by atoms with van der Waals surface area (Å²) >= 11 is 3.50. The molecule has 0 bridgehead atoms. The number of hydrogen-bond donors (Lipinski definition) is 1. The van der Waals surface area contributed by atoms with Crippen LogP contribution in [0.1, 0.15) is 39.7 Å². The van der Waals surface area contributed by atoms with E-state index in [-0.39, 0.29) is 0 Å². The first-order chi connectivity index (χ1) is 8.42. The Hall–Kier alpha value is -0.540. The van der Waals surface area contributed by atoms with Gasteiger partial charge in [-0.25, -0.2) is 0 Å². The minimum Gasteiger partial charge on any atom is -0.493 e. The minimum absolute atomic E-state index is 0.317. The van der Waals surface area contributed by atoms with E-state index in [1.807, 2.05) is 12.1 Å². The largest absolute Gasteiger partial charge is 0.493 e. The molecule has 1 aromatic rings. The van der Waals surface area contributed by atoms with Crippen molar-refractivity contribution >= 4 is 15.9 Å². The fourth-order valence-electron chi connectivity index (χ4n) is 1.55. The summed E-state index contributed by atoms with van der Waals surface area (Å²) in [4.78, 5) is 0. The van der Waals surface area contributed by atoms with Gasteiger partial charge in [0.15, 0.2) is 0 Å². The van der Waals surface area contributed by atoms with Crippen LogP contribution in [0.2, 0.25) is 0 Å². The monoisotopic (exact) mass is 313 g/mol. The highest BCUT2D eigenvalue weighted by Gasteiger charge is 2.11. The molecule has 18 heavy (non-hydrogen) atoms. The van der Waals surface area contributed by atoms with Crippen molar-refractivity contribution in [1.82, 2.24) is 5.32 Å². The lowest BCUT2D eigenvalue weighted by Crippen LogP contribution is -2.15. The number of benzene rings is 1. The number of hydrogen-bond acceptors (Lipinski definition) is 2. The first kappa shape index (κ1) is 15.5. The highest BCUT2D eigenvalue weighted by atomic mass is 79.9. The first-order valence-electron chi connectivity index (χ1n) is 6.54. The van der Waals surface area contributed by atoms with Crippen molar-refractivity contribution in [3.8, 4) is 5.75 Å². The summed E-state index contributed by atoms with van der Waals surface area (Å²) < 4.78 is 7.00. The van der Waals surface area contributed by atoms with Crippen molar-refractivity contribution in [2.75, 3.05) is 13.2 Å². The summed E-state index contributed by atoms with van der Waals surface area (Å²) in [5.41, 5.74) is 1.53. The van der Waals surface area contributed by atoms with E-state index in [4.69, 9.17) is 4.74 Å². The van der Waals surface area contributed by atoms with Crippen molar-refractivity contribution in [2.45, 2.75) is 40.7 Å². The predicted molar refractivity (Wildman–Crippen MR) is 81.1 cm³/mol. The van der Waals surface area contributed by atoms with Crippen LogP contribution in [0.4, 0.5) is 0 Å². The van der Waals surface area contributed by atoms with Crippen LogP contribution in [0.5, 0.6) is 5.75 Å². The lowest BCUT2D eigenvalue weighted by molar-refractivity contribution is 0.241. The average molecular weight is 314 g/mol. The zero-order valence-electron chi connectivity index (χ0n) is 11.8. The van der Waals surface area contributed by atoms with Gasteiger partial charge in [0.05, 0.1) is 6.61 Å². The van der Waals surface area contributed by atoms with E-state index in [1.165, 1.54) is 5.56 Å². The van der Waals surface area contributed by atoms with Crippen molar-refractivity contribution in [2.24, 2.45) is 5.41 Å². The number of ether oxygens (including phenoxy) is 1. The summed E-state index contributed by atoms with van der Waals surface area (Å²) in [6.45, 7) is 11.4. The molecule has 0 heterocycles. The van der Waals surface area contributed by atoms with Gasteiger partial charge in [0.2, 0.25) is 0 Å². The molecule has 0 aromatic heterocycles. The second kappa shape index (κ2) is 7.15. The molecule has 1 rings (SSSR count). The molecular formula is C15H24BrNO. The standard InChI is InChI=1S/C15H24BrNO/c1-5-17-11-12-10-13(16)6-7-14(12)18-9-8-15(2,3)4/h6-7,10,17H,5,8-9,11H2,1-4H3. The number of nitrogens with one attached hydrogen (secondary N) is 1. The minimum atomic E-state index is 0.317. The smallest absolute Gasteiger partial charge is 0.123 e. The molecule has 3 heteroatoms. The molecule has 102 valence electrons. The summed E-state index contributed by atoms with van der Waals surface area (Å²) in [5.74, 6) is 0.989. The van der Waals surface area contributed by atoms with Crippen molar-refractivity contribution in [3.05, 3.63) is 28.2 Å². The molecule has 0 saturated heterocycles. The Morgan fingerprint density at radius 2 is 2.00 bits per heavy atom. The van der Waals surface area contributed by atoms with Gasteiger partial charge < -0.3 is 10.1 Å². The van der Waals surface area contributed by atoms with Crippen molar-refractivity contribution in [1.29, 1.82) is 0 Å². The molecule has 1 aromatic carbocycles. The topological polar surface area (TPSA) is 21.3 Å². The maximum absolute atomic E-state index is 5.90. The van der Waals surface area contributed by atoms with Gasteiger partial charge in [-0.2, -0.15) is 0 Å². The molecule has 2 nitrogen and oxygen atoms in total. The Bertz CT molecular complexity index is 371. The molecule has 0 saturated carbocycles. The van der Waals surface area contributed by atoms with Crippen LogP contribution in [0.3, 0.4) is 0 Å². The molecule has 0 radical (unpaired) electrons. The molecular weight excluding hydrogens is 290 g/mol. The predicted octanol–water partition coefficient (Wildman–Crippen LogP) is 4.37. The second-order valence-corrected chi connectivity index (χ2v) is 6.61. The lowest BCUT2D eigenvalue weighted by atomic mass is 9.93. The van der Waals surface area contributed by atoms with Crippen LogP contribution in [0.25, 0.3) is 0 Å². The molecule has 0 spiro atoms. The average Bonchev–Trinajstić information content (AvgIpc) is 2.27. The third-order valence-electron chi connectivity index (χ3n) is 2.70. The number of halogens is 1. The highest BCUT2D eigenvalue weighted by Crippen LogP contribution is 2.25. The maximum atomic E-state index is 5.90. The second-order valence-electron chi connectivity index (χ2n) is 5.69. The van der Waals surface area contributed by atoms with Crippen LogP contribution in [-0.4, -0.2) is 13.2 Å². The van der Waals surface area contributed by atoms with E-state index in [2.05, 4.69) is 55.0 Å². The Kier molecular flexibility index (Phi) is 6.16. The Labute approximate surface area is 119 Å². The zero-order chi connectivity index (χ0) is 13.6. The van der Waals surface area contributed by atoms with E-state index in [9.17, 15) is 0 Å². The van der Waals surface area contributed by atoms with Gasteiger partial charge in [0, 0.05) is 16.6 Å². The molecule has 0 atom stereocenters. The van der Waals surface area contributed by atoms with Crippen molar-refractivity contribution in [3.63, 3.8) is 0 Å². The van der Waals surface area contributed by atoms with Gasteiger partial charge in [-0.3, -0.25) is 0 Å². The number of rotatable bonds is 6. The van der Waals surface area contributed by atoms with Gasteiger partial charge in [0.1, 0.15) is 5.75 Å². The molecule has 0 aliphatic heterocycles. The van der Waals surface area contributed by atoms with E-state index < -0.39 is 0 Å². The summed E-state index contributed by atoms with van der Waals surface area (Å²) in [5, 5.41) is 3.34. The van der Waals surface area contributed by atoms with E-state index in [0.717, 1.165) is 36.3 Å². The van der Waals surface area contributed by atoms with E-state index in [1.54, 1.807) is 0 Å². The lowest BCUT2D eigenvalue weighted by Gasteiger charge is -2.19. The summed E-state index contributed by atoms with van der Waals surface area (Å²) in [6.07, 6.45) is 1.06. The Balaban J connectivity index is 2.63. The molecule has 1 N–H and O–H groups in total. The maximum Gasteiger partial charge on any atom is 0.123 e. The SMILES string of the molecule is CCNCc1cc(Br)ccc1OCCC(C)(C)C. The summed E-state index contributed by atoms with van der Waals surface area (Å²) in [6, 6.07) is 6.19. The normalized spacial score (nSPS) is 11.6. The van der Waals surface area contributed by atoms with E-state index >= 15 is 0 Å². The highest BCUT2D eigenvalue weighted by molar-refractivity contribution is 9.10. The van der Waals surface area contributed by atoms with Crippen LogP contribution in [-0.2, 0) is 6.54 Å². The molecule has 0 unspecified atom stereocenters. The van der Waals surface area contributed by atoms with Gasteiger partial charge >= 0.3 is 0 Å². The quantitative estimate of drug-likeness (QED) is 0.841. The third kappa shape index (κ3) is 5.87. The third-order valence-corrected chi connectivity index (χ3v) is 3.19. The van der Waals surface area contributed by atoms with Gasteiger partial charge in [-0.1, -0.05) is 43.6 Å². The van der Waals surface area contributed by atoms with Crippen LogP contribution in [0.15, 0.2) is 22.7 Å². The molecule has 0 fully saturated rings. The van der Waals surface area contributed by atoms with Crippen LogP contribution in [0, 0.1) is 5.41 Å². The molecule has 0 aliphatic rings.